The number of piperazine rings is 1. The van der Waals surface area contributed by atoms with Gasteiger partial charge in [-0.05, 0) is 89.3 Å². The fourth-order valence-corrected chi connectivity index (χ4v) is 10.3. The molecular formula is C46H54Cl2N10O7. The van der Waals surface area contributed by atoms with Gasteiger partial charge < -0.3 is 39.4 Å². The van der Waals surface area contributed by atoms with Crippen molar-refractivity contribution in [1.82, 2.24) is 35.0 Å². The third-order valence-corrected chi connectivity index (χ3v) is 14.1. The molecule has 0 unspecified atom stereocenters. The van der Waals surface area contributed by atoms with Gasteiger partial charge in [0, 0.05) is 93.1 Å². The minimum atomic E-state index is -0.680. The number of ether oxygens (including phenoxy) is 2. The molecule has 5 aliphatic rings. The summed E-state index contributed by atoms with van der Waals surface area (Å²) in [6.07, 6.45) is 6.21. The van der Waals surface area contributed by atoms with Gasteiger partial charge in [-0.3, -0.25) is 34.2 Å². The fourth-order valence-electron chi connectivity index (χ4n) is 9.86. The quantitative estimate of drug-likeness (QED) is 0.161. The van der Waals surface area contributed by atoms with Gasteiger partial charge in [-0.1, -0.05) is 23.2 Å². The second-order valence-electron chi connectivity index (χ2n) is 17.9. The first-order valence-corrected chi connectivity index (χ1v) is 23.2. The average molecular weight is 930 g/mol. The van der Waals surface area contributed by atoms with Crippen molar-refractivity contribution in [2.24, 2.45) is 0 Å². The highest BCUT2D eigenvalue weighted by atomic mass is 35.5. The molecule has 17 nitrogen and oxygen atoms in total. The van der Waals surface area contributed by atoms with Gasteiger partial charge in [0.25, 0.3) is 17.4 Å². The van der Waals surface area contributed by atoms with Gasteiger partial charge in [0.1, 0.15) is 11.1 Å². The zero-order valence-electron chi connectivity index (χ0n) is 36.9. The molecule has 6 heterocycles. The van der Waals surface area contributed by atoms with Crippen LogP contribution in [0.3, 0.4) is 0 Å². The van der Waals surface area contributed by atoms with E-state index in [-0.39, 0.29) is 72.9 Å². The van der Waals surface area contributed by atoms with Crippen LogP contribution in [0.4, 0.5) is 23.1 Å². The van der Waals surface area contributed by atoms with Gasteiger partial charge >= 0.3 is 0 Å². The number of rotatable bonds is 12. The van der Waals surface area contributed by atoms with Crippen molar-refractivity contribution in [1.29, 1.82) is 0 Å². The number of nitrogens with zero attached hydrogens (tertiary/aromatic N) is 7. The average Bonchev–Trinajstić information content (AvgIpc) is 3.61. The topological polar surface area (TPSA) is 184 Å². The van der Waals surface area contributed by atoms with Crippen molar-refractivity contribution < 1.29 is 28.7 Å². The van der Waals surface area contributed by atoms with E-state index in [2.05, 4.69) is 42.6 Å². The number of fused-ring (bicyclic) bond motifs is 2. The van der Waals surface area contributed by atoms with Crippen molar-refractivity contribution in [2.45, 2.75) is 102 Å². The number of imide groups is 1. The molecule has 344 valence electrons. The lowest BCUT2D eigenvalue weighted by atomic mass is 9.86. The normalized spacial score (nSPS) is 22.9. The van der Waals surface area contributed by atoms with Crippen molar-refractivity contribution in [3.8, 4) is 5.75 Å². The number of carbonyl (C=O) groups excluding carboxylic acids is 4. The molecule has 2 aromatic carbocycles. The molecule has 9 rings (SSSR count). The van der Waals surface area contributed by atoms with Crippen LogP contribution < -0.4 is 36.0 Å². The lowest BCUT2D eigenvalue weighted by Gasteiger charge is -2.50. The molecule has 4 aliphatic heterocycles. The van der Waals surface area contributed by atoms with Crippen LogP contribution >= 0.6 is 23.2 Å². The Bertz CT molecular complexity index is 2600. The smallest absolute Gasteiger partial charge is 0.293 e. The van der Waals surface area contributed by atoms with Crippen LogP contribution in [-0.4, -0.2) is 125 Å². The lowest BCUT2D eigenvalue weighted by molar-refractivity contribution is -0.137. The molecule has 3 saturated heterocycles. The molecular weight excluding hydrogens is 875 g/mol. The largest absolute Gasteiger partial charge is 0.478 e. The van der Waals surface area contributed by atoms with E-state index in [4.69, 9.17) is 37.7 Å². The molecule has 1 aliphatic carbocycles. The number of anilines is 4. The summed E-state index contributed by atoms with van der Waals surface area (Å²) >= 11 is 13.6. The summed E-state index contributed by atoms with van der Waals surface area (Å²) in [6.45, 7) is 10.1. The van der Waals surface area contributed by atoms with E-state index < -0.39 is 11.9 Å². The highest BCUT2D eigenvalue weighted by Crippen LogP contribution is 2.40. The van der Waals surface area contributed by atoms with E-state index in [1.807, 2.05) is 44.2 Å². The number of benzene rings is 2. The first-order valence-electron chi connectivity index (χ1n) is 22.5. The highest BCUT2D eigenvalue weighted by molar-refractivity contribution is 6.35. The summed E-state index contributed by atoms with van der Waals surface area (Å²) in [4.78, 5) is 80.7. The van der Waals surface area contributed by atoms with E-state index in [0.717, 1.165) is 80.6 Å². The molecule has 3 N–H and O–H groups in total. The van der Waals surface area contributed by atoms with Gasteiger partial charge in [-0.25, -0.2) is 4.98 Å². The number of piperidine rings is 2. The Morgan fingerprint density at radius 3 is 2.48 bits per heavy atom. The maximum Gasteiger partial charge on any atom is 0.293 e. The first-order chi connectivity index (χ1) is 31.3. The Kier molecular flexibility index (Phi) is 12.7. The Morgan fingerprint density at radius 1 is 0.969 bits per heavy atom. The predicted molar refractivity (Wildman–Crippen MR) is 247 cm³/mol. The molecule has 2 aromatic heterocycles. The molecule has 4 amide bonds. The lowest BCUT2D eigenvalue weighted by Crippen LogP contribution is -2.59. The molecule has 65 heavy (non-hydrogen) atoms. The summed E-state index contributed by atoms with van der Waals surface area (Å²) in [5.74, 6) is -0.173. The molecule has 2 atom stereocenters. The van der Waals surface area contributed by atoms with Gasteiger partial charge in [0.15, 0.2) is 18.2 Å². The van der Waals surface area contributed by atoms with E-state index in [1.165, 1.54) is 7.05 Å². The van der Waals surface area contributed by atoms with Gasteiger partial charge in [-0.15, -0.1) is 0 Å². The number of aromatic nitrogens is 3. The van der Waals surface area contributed by atoms with Crippen molar-refractivity contribution in [3.05, 3.63) is 74.1 Å². The number of hydrogen-bond donors (Lipinski definition) is 3. The van der Waals surface area contributed by atoms with Crippen LogP contribution in [0.2, 0.25) is 10.0 Å². The summed E-state index contributed by atoms with van der Waals surface area (Å²) in [7, 11) is 1.51. The Labute approximate surface area is 386 Å². The Hall–Kier alpha value is -5.49. The monoisotopic (exact) mass is 928 g/mol. The molecule has 0 bridgehead atoms. The minimum Gasteiger partial charge on any atom is -0.478 e. The number of nitrogens with one attached hydrogen (secondary N) is 3. The summed E-state index contributed by atoms with van der Waals surface area (Å²) in [6, 6.07) is 10.9. The predicted octanol–water partition coefficient (Wildman–Crippen LogP) is 5.04. The van der Waals surface area contributed by atoms with Crippen LogP contribution in [0.25, 0.3) is 10.9 Å². The second-order valence-corrected chi connectivity index (χ2v) is 18.7. The molecule has 0 radical (unpaired) electrons. The van der Waals surface area contributed by atoms with Crippen molar-refractivity contribution in [2.75, 3.05) is 61.5 Å². The second kappa shape index (κ2) is 18.4. The third-order valence-electron chi connectivity index (χ3n) is 13.4. The van der Waals surface area contributed by atoms with Crippen molar-refractivity contribution in [3.63, 3.8) is 0 Å². The van der Waals surface area contributed by atoms with E-state index in [0.29, 0.717) is 45.5 Å². The van der Waals surface area contributed by atoms with Gasteiger partial charge in [-0.2, -0.15) is 4.98 Å². The standard InChI is InChI=1S/C46H54Cl2N10O7/c1-25(2)58-35-7-5-28(17-27(35)18-38(45(58)63)64-24-40(60)49-4)51-42-34(47)21-50-46(53-42)54-13-11-30(12-14-54)65-31-19-29(20-31)55-15-16-56(26(3)22-55)36-8-6-32-33(41(36)48)23-57(44(32)62)37-9-10-39(59)52-43(37)61/h5-8,17-18,21,25-26,29-31,37H,9-16,19-20,22-24H2,1-4H3,(H,49,60)(H,50,51,53)(H,52,59,61)/t26-,29?,31?,37+/m1/s1. The third kappa shape index (κ3) is 8.95. The minimum absolute atomic E-state index is 0.0900. The summed E-state index contributed by atoms with van der Waals surface area (Å²) in [5.41, 5.74) is 3.29. The van der Waals surface area contributed by atoms with Crippen LogP contribution in [-0.2, 0) is 25.7 Å². The number of likely N-dealkylation sites (N-methyl/N-ethyl adjacent to an activating group) is 1. The zero-order valence-corrected chi connectivity index (χ0v) is 38.5. The van der Waals surface area contributed by atoms with Crippen LogP contribution in [0.15, 0.2) is 47.4 Å². The number of hydrogen-bond acceptors (Lipinski definition) is 13. The molecule has 1 saturated carbocycles. The van der Waals surface area contributed by atoms with Gasteiger partial charge in [0.2, 0.25) is 17.8 Å². The number of pyridine rings is 1. The summed E-state index contributed by atoms with van der Waals surface area (Å²) < 4.78 is 13.9. The molecule has 0 spiro atoms. The van der Waals surface area contributed by atoms with E-state index in [9.17, 15) is 24.0 Å². The maximum absolute atomic E-state index is 13.3. The molecule has 19 heteroatoms. The number of amides is 4. The first kappa shape index (κ1) is 44.7. The number of carbonyl (C=O) groups is 4. The molecule has 4 aromatic rings. The summed E-state index contributed by atoms with van der Waals surface area (Å²) in [5, 5.41) is 9.87. The SMILES string of the molecule is CNC(=O)COc1cc2cc(Nc3nc(N4CCC(OC5CC(N6CCN(c7ccc8c(c7Cl)CN([C@H]7CCC(=O)NC7=O)C8=O)[C@H](C)C6)C5)CC4)ncc3Cl)ccc2n(C(C)C)c1=O. The van der Waals surface area contributed by atoms with Crippen LogP contribution in [0.1, 0.15) is 81.3 Å². The fraction of sp³-hybridized carbons (Fsp3) is 0.500. The van der Waals surface area contributed by atoms with E-state index in [1.54, 1.807) is 21.7 Å². The van der Waals surface area contributed by atoms with E-state index >= 15 is 0 Å². The molecule has 4 fully saturated rings. The number of halogens is 2. The Balaban J connectivity index is 0.756. The van der Waals surface area contributed by atoms with Crippen LogP contribution in [0.5, 0.6) is 5.75 Å². The Morgan fingerprint density at radius 2 is 1.75 bits per heavy atom. The van der Waals surface area contributed by atoms with Crippen LogP contribution in [0, 0.1) is 0 Å². The van der Waals surface area contributed by atoms with Crippen molar-refractivity contribution >= 4 is 80.9 Å². The zero-order chi connectivity index (χ0) is 45.7. The van der Waals surface area contributed by atoms with Gasteiger partial charge in [0.05, 0.1) is 34.6 Å². The maximum atomic E-state index is 13.3. The highest BCUT2D eigenvalue weighted by Gasteiger charge is 2.42.